The van der Waals surface area contributed by atoms with Crippen molar-refractivity contribution in [3.8, 4) is 0 Å². The van der Waals surface area contributed by atoms with Gasteiger partial charge in [0.2, 0.25) is 0 Å². The molecule has 0 aromatic heterocycles. The Morgan fingerprint density at radius 1 is 1.35 bits per heavy atom. The average molecular weight is 386 g/mol. The Hall–Kier alpha value is -1.86. The summed E-state index contributed by atoms with van der Waals surface area (Å²) in [6, 6.07) is 4.51. The molecule has 26 heavy (non-hydrogen) atoms. The van der Waals surface area contributed by atoms with Crippen molar-refractivity contribution in [1.82, 2.24) is 15.5 Å². The van der Waals surface area contributed by atoms with Crippen molar-refractivity contribution >= 4 is 23.6 Å². The van der Waals surface area contributed by atoms with Crippen LogP contribution in [0.4, 0.5) is 9.18 Å². The molecule has 0 bridgehead atoms. The maximum Gasteiger partial charge on any atom is 0.407 e. The van der Waals surface area contributed by atoms with Gasteiger partial charge in [-0.05, 0) is 56.0 Å². The number of nitrogens with one attached hydrogen (secondary N) is 2. The normalized spacial score (nSPS) is 15.5. The second-order valence-electron chi connectivity index (χ2n) is 6.42. The third kappa shape index (κ3) is 6.80. The highest BCUT2D eigenvalue weighted by molar-refractivity contribution is 6.31. The molecule has 0 atom stereocenters. The molecular formula is C18H25ClFN3O3. The smallest absolute Gasteiger partial charge is 0.407 e. The van der Waals surface area contributed by atoms with Crippen LogP contribution in [0.1, 0.15) is 24.8 Å². The van der Waals surface area contributed by atoms with E-state index in [-0.39, 0.29) is 18.3 Å². The molecule has 1 aromatic rings. The van der Waals surface area contributed by atoms with E-state index in [0.717, 1.165) is 44.5 Å². The second kappa shape index (κ2) is 10.3. The van der Waals surface area contributed by atoms with Crippen LogP contribution in [0.15, 0.2) is 18.2 Å². The van der Waals surface area contributed by atoms with E-state index in [0.29, 0.717) is 17.5 Å². The van der Waals surface area contributed by atoms with Crippen LogP contribution in [0.2, 0.25) is 5.02 Å². The van der Waals surface area contributed by atoms with E-state index in [1.807, 2.05) is 0 Å². The molecule has 144 valence electrons. The fourth-order valence-electron chi connectivity index (χ4n) is 2.96. The summed E-state index contributed by atoms with van der Waals surface area (Å²) in [5.41, 5.74) is 0.937. The Bertz CT molecular complexity index is 622. The number of ether oxygens (including phenoxy) is 1. The molecule has 1 heterocycles. The maximum atomic E-state index is 13.1. The first-order valence-corrected chi connectivity index (χ1v) is 9.13. The number of carbonyl (C=O) groups excluding carboxylic acids is 2. The summed E-state index contributed by atoms with van der Waals surface area (Å²) in [7, 11) is 1.49. The number of likely N-dealkylation sites (tertiary alicyclic amines) is 1. The van der Waals surface area contributed by atoms with Crippen LogP contribution in [0.5, 0.6) is 0 Å². The second-order valence-corrected chi connectivity index (χ2v) is 6.83. The van der Waals surface area contributed by atoms with Gasteiger partial charge >= 0.3 is 6.09 Å². The van der Waals surface area contributed by atoms with Crippen LogP contribution < -0.4 is 10.6 Å². The number of rotatable bonds is 7. The predicted molar refractivity (Wildman–Crippen MR) is 97.4 cm³/mol. The molecule has 2 amide bonds. The molecule has 2 N–H and O–H groups in total. The number of carbonyl (C=O) groups is 2. The molecule has 0 aliphatic carbocycles. The molecule has 1 saturated heterocycles. The van der Waals surface area contributed by atoms with Gasteiger partial charge in [0.15, 0.2) is 6.61 Å². The molecule has 2 rings (SSSR count). The van der Waals surface area contributed by atoms with Crippen molar-refractivity contribution < 1.29 is 18.7 Å². The third-order valence-electron chi connectivity index (χ3n) is 4.55. The lowest BCUT2D eigenvalue weighted by molar-refractivity contribution is -0.123. The zero-order chi connectivity index (χ0) is 18.9. The molecule has 8 heteroatoms. The maximum absolute atomic E-state index is 13.1. The van der Waals surface area contributed by atoms with Gasteiger partial charge in [0.05, 0.1) is 0 Å². The standard InChI is InChI=1S/C18H25ClFN3O3/c1-21-17(24)12-26-18(25)22-7-4-13-5-8-23(9-6-13)11-14-2-3-15(20)10-16(14)19/h2-3,10,13H,4-9,11-12H2,1H3,(H,21,24)(H,22,25). The molecule has 6 nitrogen and oxygen atoms in total. The summed E-state index contributed by atoms with van der Waals surface area (Å²) < 4.78 is 17.9. The number of nitrogens with zero attached hydrogens (tertiary/aromatic N) is 1. The number of piperidine rings is 1. The zero-order valence-electron chi connectivity index (χ0n) is 14.9. The van der Waals surface area contributed by atoms with Crippen molar-refractivity contribution in [2.75, 3.05) is 33.3 Å². The van der Waals surface area contributed by atoms with Gasteiger partial charge in [-0.2, -0.15) is 0 Å². The Kier molecular flexibility index (Phi) is 8.12. The largest absolute Gasteiger partial charge is 0.439 e. The summed E-state index contributed by atoms with van der Waals surface area (Å²) in [5.74, 6) is -0.123. The van der Waals surface area contributed by atoms with Gasteiger partial charge in [-0.25, -0.2) is 9.18 Å². The molecule has 0 unspecified atom stereocenters. The topological polar surface area (TPSA) is 70.7 Å². The molecule has 0 spiro atoms. The average Bonchev–Trinajstić information content (AvgIpc) is 2.63. The number of hydrogen-bond donors (Lipinski definition) is 2. The quantitative estimate of drug-likeness (QED) is 0.756. The zero-order valence-corrected chi connectivity index (χ0v) is 15.7. The van der Waals surface area contributed by atoms with Gasteiger partial charge in [0.25, 0.3) is 5.91 Å². The molecular weight excluding hydrogens is 361 g/mol. The highest BCUT2D eigenvalue weighted by Gasteiger charge is 2.20. The van der Waals surface area contributed by atoms with E-state index >= 15 is 0 Å². The van der Waals surface area contributed by atoms with Gasteiger partial charge in [0, 0.05) is 25.2 Å². The number of hydrogen-bond acceptors (Lipinski definition) is 4. The highest BCUT2D eigenvalue weighted by atomic mass is 35.5. The lowest BCUT2D eigenvalue weighted by Gasteiger charge is -2.32. The third-order valence-corrected chi connectivity index (χ3v) is 4.90. The first-order chi connectivity index (χ1) is 12.5. The van der Waals surface area contributed by atoms with Crippen LogP contribution in [0.3, 0.4) is 0 Å². The first-order valence-electron chi connectivity index (χ1n) is 8.75. The number of benzene rings is 1. The van der Waals surface area contributed by atoms with Gasteiger partial charge < -0.3 is 15.4 Å². The van der Waals surface area contributed by atoms with Crippen LogP contribution in [0.25, 0.3) is 0 Å². The summed E-state index contributed by atoms with van der Waals surface area (Å²) in [6.45, 7) is 2.86. The Morgan fingerprint density at radius 2 is 2.08 bits per heavy atom. The minimum absolute atomic E-state index is 0.271. The summed E-state index contributed by atoms with van der Waals surface area (Å²) >= 11 is 6.09. The number of likely N-dealkylation sites (N-methyl/N-ethyl adjacent to an activating group) is 1. The Labute approximate surface area is 158 Å². The van der Waals surface area contributed by atoms with Gasteiger partial charge in [-0.15, -0.1) is 0 Å². The fraction of sp³-hybridized carbons (Fsp3) is 0.556. The molecule has 0 radical (unpaired) electrons. The van der Waals surface area contributed by atoms with E-state index < -0.39 is 6.09 Å². The van der Waals surface area contributed by atoms with Crippen molar-refractivity contribution in [2.45, 2.75) is 25.8 Å². The summed E-state index contributed by atoms with van der Waals surface area (Å²) in [5, 5.41) is 5.51. The minimum Gasteiger partial charge on any atom is -0.439 e. The Morgan fingerprint density at radius 3 is 2.73 bits per heavy atom. The van der Waals surface area contributed by atoms with E-state index in [1.54, 1.807) is 6.07 Å². The summed E-state index contributed by atoms with van der Waals surface area (Å²) in [6.07, 6.45) is 2.37. The highest BCUT2D eigenvalue weighted by Crippen LogP contribution is 2.24. The first kappa shape index (κ1) is 20.5. The van der Waals surface area contributed by atoms with E-state index in [9.17, 15) is 14.0 Å². The van der Waals surface area contributed by atoms with E-state index in [2.05, 4.69) is 15.5 Å². The number of amides is 2. The number of alkyl carbamates (subject to hydrolysis) is 1. The lowest BCUT2D eigenvalue weighted by atomic mass is 9.93. The monoisotopic (exact) mass is 385 g/mol. The van der Waals surface area contributed by atoms with Crippen LogP contribution in [0, 0.1) is 11.7 Å². The fourth-order valence-corrected chi connectivity index (χ4v) is 3.18. The van der Waals surface area contributed by atoms with Gasteiger partial charge in [-0.1, -0.05) is 17.7 Å². The van der Waals surface area contributed by atoms with Crippen LogP contribution >= 0.6 is 11.6 Å². The Balaban J connectivity index is 1.62. The SMILES string of the molecule is CNC(=O)COC(=O)NCCC1CCN(Cc2ccc(F)cc2Cl)CC1. The van der Waals surface area contributed by atoms with Crippen LogP contribution in [-0.4, -0.2) is 50.2 Å². The number of halogens is 2. The predicted octanol–water partition coefficient (Wildman–Crippen LogP) is 2.55. The minimum atomic E-state index is -0.572. The molecule has 1 aliphatic rings. The summed E-state index contributed by atoms with van der Waals surface area (Å²) in [4.78, 5) is 24.8. The van der Waals surface area contributed by atoms with E-state index in [1.165, 1.54) is 19.2 Å². The molecule has 1 fully saturated rings. The van der Waals surface area contributed by atoms with Crippen molar-refractivity contribution in [3.63, 3.8) is 0 Å². The molecule has 0 saturated carbocycles. The van der Waals surface area contributed by atoms with Crippen molar-refractivity contribution in [3.05, 3.63) is 34.6 Å². The van der Waals surface area contributed by atoms with Crippen molar-refractivity contribution in [1.29, 1.82) is 0 Å². The lowest BCUT2D eigenvalue weighted by Crippen LogP contribution is -2.35. The van der Waals surface area contributed by atoms with Gasteiger partial charge in [-0.3, -0.25) is 9.69 Å². The molecule has 1 aliphatic heterocycles. The van der Waals surface area contributed by atoms with Gasteiger partial charge in [0.1, 0.15) is 5.82 Å². The van der Waals surface area contributed by atoms with Crippen LogP contribution in [-0.2, 0) is 16.1 Å². The van der Waals surface area contributed by atoms with E-state index in [4.69, 9.17) is 16.3 Å². The molecule has 1 aromatic carbocycles. The van der Waals surface area contributed by atoms with Crippen molar-refractivity contribution in [2.24, 2.45) is 5.92 Å².